The van der Waals surface area contributed by atoms with Crippen LogP contribution in [0, 0.1) is 11.3 Å². The van der Waals surface area contributed by atoms with Gasteiger partial charge < -0.3 is 15.5 Å². The van der Waals surface area contributed by atoms with Gasteiger partial charge in [0.1, 0.15) is 10.7 Å². The normalized spacial score (nSPS) is 28.7. The van der Waals surface area contributed by atoms with E-state index in [-0.39, 0.29) is 22.2 Å². The zero-order valence-corrected chi connectivity index (χ0v) is 14.1. The molecular formula is C16H24ClN5O. The van der Waals surface area contributed by atoms with Crippen LogP contribution in [0.1, 0.15) is 42.6 Å². The van der Waals surface area contributed by atoms with E-state index in [0.29, 0.717) is 5.69 Å². The minimum Gasteiger partial charge on any atom is -0.381 e. The van der Waals surface area contributed by atoms with Gasteiger partial charge in [0.05, 0.1) is 0 Å². The van der Waals surface area contributed by atoms with E-state index >= 15 is 0 Å². The Bertz CT molecular complexity index is 614. The van der Waals surface area contributed by atoms with Crippen LogP contribution in [0.2, 0.25) is 5.02 Å². The fraction of sp³-hybridized carbons (Fsp3) is 0.750. The van der Waals surface area contributed by atoms with Gasteiger partial charge >= 0.3 is 0 Å². The summed E-state index contributed by atoms with van der Waals surface area (Å²) in [5, 5.41) is 6.75. The fourth-order valence-corrected chi connectivity index (χ4v) is 4.38. The lowest BCUT2D eigenvalue weighted by molar-refractivity contribution is 0.0677. The summed E-state index contributed by atoms with van der Waals surface area (Å²) in [7, 11) is 0. The van der Waals surface area contributed by atoms with Crippen molar-refractivity contribution in [2.45, 2.75) is 32.1 Å². The molecule has 23 heavy (non-hydrogen) atoms. The van der Waals surface area contributed by atoms with Crippen molar-refractivity contribution in [3.63, 3.8) is 0 Å². The summed E-state index contributed by atoms with van der Waals surface area (Å²) in [6.07, 6.45) is 6.34. The number of aromatic amines is 1. The lowest BCUT2D eigenvalue weighted by atomic mass is 9.79. The second-order valence-corrected chi connectivity index (χ2v) is 7.93. The molecule has 2 saturated heterocycles. The average Bonchev–Trinajstić information content (AvgIpc) is 3.17. The molecule has 7 heteroatoms. The van der Waals surface area contributed by atoms with Crippen molar-refractivity contribution >= 4 is 23.3 Å². The van der Waals surface area contributed by atoms with Crippen LogP contribution in [-0.4, -0.2) is 58.6 Å². The highest BCUT2D eigenvalue weighted by Crippen LogP contribution is 2.41. The van der Waals surface area contributed by atoms with Gasteiger partial charge in [0.2, 0.25) is 0 Å². The van der Waals surface area contributed by atoms with Crippen molar-refractivity contribution < 1.29 is 4.79 Å². The minimum atomic E-state index is -0.0737. The van der Waals surface area contributed by atoms with Crippen molar-refractivity contribution in [1.82, 2.24) is 20.0 Å². The van der Waals surface area contributed by atoms with Crippen LogP contribution in [0.15, 0.2) is 0 Å². The monoisotopic (exact) mass is 337 g/mol. The predicted molar refractivity (Wildman–Crippen MR) is 89.4 cm³/mol. The summed E-state index contributed by atoms with van der Waals surface area (Å²) in [4.78, 5) is 17.2. The second kappa shape index (κ2) is 5.67. The van der Waals surface area contributed by atoms with E-state index in [1.54, 1.807) is 0 Å². The molecule has 126 valence electrons. The average molecular weight is 338 g/mol. The number of likely N-dealkylation sites (tertiary alicyclic amines) is 2. The number of H-pyrrole nitrogens is 1. The van der Waals surface area contributed by atoms with Crippen LogP contribution < -0.4 is 5.73 Å². The Labute approximate surface area is 141 Å². The minimum absolute atomic E-state index is 0.0737. The summed E-state index contributed by atoms with van der Waals surface area (Å²) in [6.45, 7) is 5.22. The number of hydrogen-bond donors (Lipinski definition) is 2. The van der Waals surface area contributed by atoms with Crippen molar-refractivity contribution in [2.24, 2.45) is 11.3 Å². The van der Waals surface area contributed by atoms with Gasteiger partial charge in [-0.1, -0.05) is 11.6 Å². The van der Waals surface area contributed by atoms with Gasteiger partial charge in [0, 0.05) is 31.6 Å². The Balaban J connectivity index is 1.43. The Morgan fingerprint density at radius 2 is 2.17 bits per heavy atom. The number of nitrogens with two attached hydrogens (primary N) is 1. The van der Waals surface area contributed by atoms with Crippen LogP contribution >= 0.6 is 11.6 Å². The second-order valence-electron chi connectivity index (χ2n) is 7.56. The SMILES string of the molecule is Nc1n[nH]c(C(=O)N2CC[C@@]3(CCCN(CC4CC4)C3)C2)c1Cl. The van der Waals surface area contributed by atoms with Crippen molar-refractivity contribution in [2.75, 3.05) is 38.5 Å². The highest BCUT2D eigenvalue weighted by molar-refractivity contribution is 6.35. The van der Waals surface area contributed by atoms with Crippen LogP contribution in [0.4, 0.5) is 5.82 Å². The number of carbonyl (C=O) groups is 1. The van der Waals surface area contributed by atoms with Crippen LogP contribution in [0.5, 0.6) is 0 Å². The summed E-state index contributed by atoms with van der Waals surface area (Å²) in [5.74, 6) is 1.05. The lowest BCUT2D eigenvalue weighted by Gasteiger charge is -2.40. The number of anilines is 1. The third-order valence-corrected chi connectivity index (χ3v) is 6.01. The highest BCUT2D eigenvalue weighted by Gasteiger charge is 2.44. The Kier molecular flexibility index (Phi) is 3.76. The third-order valence-electron chi connectivity index (χ3n) is 5.63. The molecule has 0 unspecified atom stereocenters. The van der Waals surface area contributed by atoms with Crippen LogP contribution in [0.3, 0.4) is 0 Å². The van der Waals surface area contributed by atoms with Crippen LogP contribution in [-0.2, 0) is 0 Å². The Morgan fingerprint density at radius 3 is 2.87 bits per heavy atom. The van der Waals surface area contributed by atoms with E-state index < -0.39 is 0 Å². The number of halogens is 1. The number of amides is 1. The Hall–Kier alpha value is -1.27. The molecular weight excluding hydrogens is 314 g/mol. The maximum atomic E-state index is 12.7. The van der Waals surface area contributed by atoms with Crippen molar-refractivity contribution in [3.8, 4) is 0 Å². The molecule has 1 spiro atoms. The molecule has 1 amide bonds. The fourth-order valence-electron chi connectivity index (χ4n) is 4.22. The maximum absolute atomic E-state index is 12.7. The largest absolute Gasteiger partial charge is 0.381 e. The molecule has 1 atom stereocenters. The number of nitrogens with zero attached hydrogens (tertiary/aromatic N) is 3. The zero-order chi connectivity index (χ0) is 16.0. The highest BCUT2D eigenvalue weighted by atomic mass is 35.5. The topological polar surface area (TPSA) is 78.2 Å². The molecule has 6 nitrogen and oxygen atoms in total. The number of rotatable bonds is 3. The summed E-state index contributed by atoms with van der Waals surface area (Å²) in [5.41, 5.74) is 6.22. The number of piperidine rings is 1. The molecule has 3 aliphatic rings. The molecule has 0 radical (unpaired) electrons. The van der Waals surface area contributed by atoms with Crippen molar-refractivity contribution in [1.29, 1.82) is 0 Å². The molecule has 0 aromatic carbocycles. The number of aromatic nitrogens is 2. The third kappa shape index (κ3) is 2.94. The summed E-state index contributed by atoms with van der Waals surface area (Å²) >= 11 is 6.07. The van der Waals surface area contributed by atoms with Crippen molar-refractivity contribution in [3.05, 3.63) is 10.7 Å². The quantitative estimate of drug-likeness (QED) is 0.884. The molecule has 1 aliphatic carbocycles. The Morgan fingerprint density at radius 1 is 1.35 bits per heavy atom. The van der Waals surface area contributed by atoms with Gasteiger partial charge in [-0.3, -0.25) is 9.89 Å². The van der Waals surface area contributed by atoms with Gasteiger partial charge in [0.15, 0.2) is 5.82 Å². The van der Waals surface area contributed by atoms with E-state index in [1.807, 2.05) is 4.90 Å². The molecule has 0 bridgehead atoms. The maximum Gasteiger partial charge on any atom is 0.273 e. The molecule has 3 N–H and O–H groups in total. The van der Waals surface area contributed by atoms with E-state index in [0.717, 1.165) is 32.0 Å². The molecule has 3 fully saturated rings. The lowest BCUT2D eigenvalue weighted by Crippen LogP contribution is -2.46. The van der Waals surface area contributed by atoms with Crippen LogP contribution in [0.25, 0.3) is 0 Å². The summed E-state index contributed by atoms with van der Waals surface area (Å²) in [6, 6.07) is 0. The number of hydrogen-bond acceptors (Lipinski definition) is 4. The van der Waals surface area contributed by atoms with Gasteiger partial charge in [-0.25, -0.2) is 0 Å². The first-order chi connectivity index (χ1) is 11.1. The number of carbonyl (C=O) groups excluding carboxylic acids is 1. The van der Waals surface area contributed by atoms with E-state index in [2.05, 4.69) is 15.1 Å². The first-order valence-electron chi connectivity index (χ1n) is 8.57. The molecule has 3 heterocycles. The summed E-state index contributed by atoms with van der Waals surface area (Å²) < 4.78 is 0. The predicted octanol–water partition coefficient (Wildman–Crippen LogP) is 1.98. The molecule has 2 aliphatic heterocycles. The van der Waals surface area contributed by atoms with Gasteiger partial charge in [-0.15, -0.1) is 0 Å². The molecule has 4 rings (SSSR count). The van der Waals surface area contributed by atoms with Gasteiger partial charge in [0.25, 0.3) is 5.91 Å². The van der Waals surface area contributed by atoms with E-state index in [9.17, 15) is 4.79 Å². The molecule has 1 saturated carbocycles. The van der Waals surface area contributed by atoms with Gasteiger partial charge in [-0.2, -0.15) is 5.10 Å². The van der Waals surface area contributed by atoms with Gasteiger partial charge in [-0.05, 0) is 44.6 Å². The molecule has 1 aromatic heterocycles. The number of nitrogen functional groups attached to an aromatic ring is 1. The van der Waals surface area contributed by atoms with E-state index in [4.69, 9.17) is 17.3 Å². The number of nitrogens with one attached hydrogen (secondary N) is 1. The van der Waals surface area contributed by atoms with E-state index in [1.165, 1.54) is 38.8 Å². The zero-order valence-electron chi connectivity index (χ0n) is 13.4. The first-order valence-corrected chi connectivity index (χ1v) is 8.95. The first kappa shape index (κ1) is 15.3. The standard InChI is InChI=1S/C16H24ClN5O/c17-12-13(19-20-14(12)18)15(23)22-7-5-16(10-22)4-1-6-21(9-16)8-11-2-3-11/h11H,1-10H2,(H3,18,19,20)/t16-/m1/s1. The smallest absolute Gasteiger partial charge is 0.273 e. The molecule has 1 aromatic rings.